The Morgan fingerprint density at radius 1 is 0.356 bits per heavy atom. The quantitative estimate of drug-likeness (QED) is 0.168. The highest BCUT2D eigenvalue weighted by Gasteiger charge is 2.47. The number of fused-ring (bicyclic) bond motifs is 9. The maximum atomic E-state index is 6.94. The van der Waals surface area contributed by atoms with Crippen LogP contribution in [0, 0.1) is 0 Å². The Bertz CT molecular complexity index is 3150. The van der Waals surface area contributed by atoms with E-state index in [9.17, 15) is 0 Å². The zero-order chi connectivity index (χ0) is 39.1. The molecule has 0 atom stereocenters. The molecule has 0 fully saturated rings. The average Bonchev–Trinajstić information content (AvgIpc) is 3.92. The molecule has 10 aromatic rings. The molecule has 9 aromatic carbocycles. The topological polar surface area (TPSA) is 16.4 Å². The van der Waals surface area contributed by atoms with Crippen molar-refractivity contribution < 1.29 is 4.42 Å². The van der Waals surface area contributed by atoms with E-state index in [0.717, 1.165) is 44.6 Å². The highest BCUT2D eigenvalue weighted by atomic mass is 16.3. The molecule has 12 rings (SSSR count). The van der Waals surface area contributed by atoms with Crippen LogP contribution in [0.5, 0.6) is 0 Å². The predicted molar refractivity (Wildman–Crippen MR) is 243 cm³/mol. The van der Waals surface area contributed by atoms with Crippen LogP contribution in [0.2, 0.25) is 0 Å². The van der Waals surface area contributed by atoms with Gasteiger partial charge in [0.05, 0.1) is 5.41 Å². The van der Waals surface area contributed by atoms with Gasteiger partial charge >= 0.3 is 0 Å². The Morgan fingerprint density at radius 3 is 1.49 bits per heavy atom. The van der Waals surface area contributed by atoms with Crippen molar-refractivity contribution in [3.63, 3.8) is 0 Å². The Labute approximate surface area is 344 Å². The number of rotatable bonds is 6. The number of hydrogen-bond donors (Lipinski definition) is 0. The number of furan rings is 1. The van der Waals surface area contributed by atoms with E-state index in [1.54, 1.807) is 0 Å². The normalized spacial score (nSPS) is 14.1. The lowest BCUT2D eigenvalue weighted by atomic mass is 9.67. The monoisotopic (exact) mass is 753 g/mol. The number of anilines is 3. The molecule has 0 saturated carbocycles. The van der Waals surface area contributed by atoms with Gasteiger partial charge in [-0.3, -0.25) is 0 Å². The molecule has 2 heteroatoms. The molecule has 0 N–H and O–H groups in total. The van der Waals surface area contributed by atoms with E-state index < -0.39 is 10.8 Å². The third-order valence-electron chi connectivity index (χ3n) is 13.2. The second-order valence-electron chi connectivity index (χ2n) is 16.1. The maximum absolute atomic E-state index is 6.94. The van der Waals surface area contributed by atoms with Gasteiger partial charge in [0.25, 0.3) is 0 Å². The molecule has 0 spiro atoms. The summed E-state index contributed by atoms with van der Waals surface area (Å²) >= 11 is 0. The van der Waals surface area contributed by atoms with Crippen molar-refractivity contribution in [2.45, 2.75) is 17.8 Å². The summed E-state index contributed by atoms with van der Waals surface area (Å²) in [4.78, 5) is 2.45. The fourth-order valence-corrected chi connectivity index (χ4v) is 10.7. The number of nitrogens with zero attached hydrogens (tertiary/aromatic N) is 1. The van der Waals surface area contributed by atoms with E-state index in [1.807, 2.05) is 0 Å². The molecule has 0 saturated heterocycles. The van der Waals surface area contributed by atoms with Crippen molar-refractivity contribution in [3.8, 4) is 22.3 Å². The van der Waals surface area contributed by atoms with E-state index >= 15 is 0 Å². The van der Waals surface area contributed by atoms with Gasteiger partial charge in [-0.15, -0.1) is 0 Å². The lowest BCUT2D eigenvalue weighted by Crippen LogP contribution is -2.28. The van der Waals surface area contributed by atoms with Crippen LogP contribution in [0.15, 0.2) is 223 Å². The molecular formula is C57H39NO. The van der Waals surface area contributed by atoms with Crippen LogP contribution in [0.4, 0.5) is 17.1 Å². The molecule has 2 nitrogen and oxygen atoms in total. The fourth-order valence-electron chi connectivity index (χ4n) is 10.7. The van der Waals surface area contributed by atoms with Crippen LogP contribution in [-0.2, 0) is 10.8 Å². The van der Waals surface area contributed by atoms with Gasteiger partial charge in [0.1, 0.15) is 11.2 Å². The SMILES string of the molecule is CC1(c2cc(N(c3ccccc3)c3ccc4c(c3)C(c3ccccc3)(c3ccccc3)c3ccccc3-4)cc3c2oc2ccccc23)c2ccccc2-c2ccccc21. The van der Waals surface area contributed by atoms with Crippen LogP contribution in [0.25, 0.3) is 44.2 Å². The standard InChI is InChI=1S/C57H39NO/c1-56(49-29-15-11-25-43(49)44-26-12-16-30-50(44)56)53-37-42(35-48-47-28-14-18-32-54(47)59-55(48)53)58(40-23-9-4-10-24-40)41-33-34-46-45-27-13-17-31-51(45)57(52(46)36-41,38-19-5-2-6-20-38)39-21-7-3-8-22-39/h2-37H,1H3. The summed E-state index contributed by atoms with van der Waals surface area (Å²) < 4.78 is 6.94. The smallest absolute Gasteiger partial charge is 0.140 e. The van der Waals surface area contributed by atoms with Crippen LogP contribution in [-0.4, -0.2) is 0 Å². The first kappa shape index (κ1) is 33.7. The van der Waals surface area contributed by atoms with Gasteiger partial charge in [0, 0.05) is 38.8 Å². The summed E-state index contributed by atoms with van der Waals surface area (Å²) in [6.07, 6.45) is 0. The summed E-state index contributed by atoms with van der Waals surface area (Å²) in [5.74, 6) is 0. The van der Waals surface area contributed by atoms with Crippen molar-refractivity contribution in [3.05, 3.63) is 257 Å². The Kier molecular flexibility index (Phi) is 7.31. The molecule has 278 valence electrons. The first-order chi connectivity index (χ1) is 29.2. The molecule has 0 bridgehead atoms. The minimum Gasteiger partial charge on any atom is -0.456 e. The van der Waals surface area contributed by atoms with Gasteiger partial charge in [-0.05, 0) is 105 Å². The largest absolute Gasteiger partial charge is 0.456 e. The molecule has 59 heavy (non-hydrogen) atoms. The van der Waals surface area contributed by atoms with Gasteiger partial charge in [-0.25, -0.2) is 0 Å². The molecule has 0 aliphatic heterocycles. The zero-order valence-corrected chi connectivity index (χ0v) is 32.6. The fraction of sp³-hybridized carbons (Fsp3) is 0.0526. The molecule has 2 aliphatic carbocycles. The summed E-state index contributed by atoms with van der Waals surface area (Å²) in [5.41, 5.74) is 18.0. The van der Waals surface area contributed by atoms with Crippen molar-refractivity contribution in [1.29, 1.82) is 0 Å². The Hall–Kier alpha value is -7.42. The Balaban J connectivity index is 1.17. The molecule has 0 unspecified atom stereocenters. The summed E-state index contributed by atoms with van der Waals surface area (Å²) in [5, 5.41) is 2.21. The van der Waals surface area contributed by atoms with Crippen molar-refractivity contribution in [2.75, 3.05) is 4.90 Å². The maximum Gasteiger partial charge on any atom is 0.140 e. The molecule has 0 amide bonds. The minimum absolute atomic E-state index is 0.479. The number of hydrogen-bond acceptors (Lipinski definition) is 2. The molecule has 1 aromatic heterocycles. The van der Waals surface area contributed by atoms with E-state index in [1.165, 1.54) is 55.6 Å². The molecule has 1 heterocycles. The van der Waals surface area contributed by atoms with Gasteiger partial charge < -0.3 is 9.32 Å². The van der Waals surface area contributed by atoms with Gasteiger partial charge in [-0.1, -0.05) is 176 Å². The van der Waals surface area contributed by atoms with Gasteiger partial charge in [-0.2, -0.15) is 0 Å². The van der Waals surface area contributed by atoms with Crippen molar-refractivity contribution in [2.24, 2.45) is 0 Å². The highest BCUT2D eigenvalue weighted by molar-refractivity contribution is 6.09. The second kappa shape index (κ2) is 12.8. The van der Waals surface area contributed by atoms with Crippen LogP contribution < -0.4 is 4.90 Å². The van der Waals surface area contributed by atoms with Crippen LogP contribution in [0.1, 0.15) is 45.9 Å². The lowest BCUT2D eigenvalue weighted by molar-refractivity contribution is 0.638. The van der Waals surface area contributed by atoms with Crippen molar-refractivity contribution in [1.82, 2.24) is 0 Å². The van der Waals surface area contributed by atoms with E-state index in [4.69, 9.17) is 4.42 Å². The highest BCUT2D eigenvalue weighted by Crippen LogP contribution is 2.58. The number of benzene rings is 9. The summed E-state index contributed by atoms with van der Waals surface area (Å²) in [6.45, 7) is 2.39. The van der Waals surface area contributed by atoms with Gasteiger partial charge in [0.15, 0.2) is 0 Å². The zero-order valence-electron chi connectivity index (χ0n) is 32.6. The van der Waals surface area contributed by atoms with Gasteiger partial charge in [0.2, 0.25) is 0 Å². The van der Waals surface area contributed by atoms with E-state index in [2.05, 4.69) is 230 Å². The average molecular weight is 754 g/mol. The third-order valence-corrected chi connectivity index (χ3v) is 13.2. The lowest BCUT2D eigenvalue weighted by Gasteiger charge is -2.35. The van der Waals surface area contributed by atoms with E-state index in [0.29, 0.717) is 0 Å². The first-order valence-corrected chi connectivity index (χ1v) is 20.5. The van der Waals surface area contributed by atoms with E-state index in [-0.39, 0.29) is 0 Å². The molecule has 2 aliphatic rings. The molecular weight excluding hydrogens is 715 g/mol. The second-order valence-corrected chi connectivity index (χ2v) is 16.1. The van der Waals surface area contributed by atoms with Crippen LogP contribution >= 0.6 is 0 Å². The predicted octanol–water partition coefficient (Wildman–Crippen LogP) is 14.8. The summed E-state index contributed by atoms with van der Waals surface area (Å²) in [6, 6.07) is 80.1. The third kappa shape index (κ3) is 4.69. The minimum atomic E-state index is -0.520. The summed E-state index contributed by atoms with van der Waals surface area (Å²) in [7, 11) is 0. The first-order valence-electron chi connectivity index (χ1n) is 20.5. The molecule has 0 radical (unpaired) electrons. The van der Waals surface area contributed by atoms with Crippen molar-refractivity contribution >= 4 is 39.0 Å². The number of para-hydroxylation sites is 2. The Morgan fingerprint density at radius 2 is 0.847 bits per heavy atom. The van der Waals surface area contributed by atoms with Crippen LogP contribution in [0.3, 0.4) is 0 Å².